The lowest BCUT2D eigenvalue weighted by Crippen LogP contribution is -2.39. The Morgan fingerprint density at radius 2 is 1.89 bits per heavy atom. The van der Waals surface area contributed by atoms with Gasteiger partial charge in [-0.1, -0.05) is 0 Å². The van der Waals surface area contributed by atoms with Crippen molar-refractivity contribution in [2.24, 2.45) is 0 Å². The topological polar surface area (TPSA) is 143 Å². The summed E-state index contributed by atoms with van der Waals surface area (Å²) < 4.78 is 10.3. The highest BCUT2D eigenvalue weighted by atomic mass is 16.5. The van der Waals surface area contributed by atoms with Crippen molar-refractivity contribution in [3.63, 3.8) is 0 Å². The first kappa shape index (κ1) is 23.6. The molecule has 12 nitrogen and oxygen atoms in total. The number of benzene rings is 1. The van der Waals surface area contributed by atoms with Gasteiger partial charge in [-0.15, -0.1) is 0 Å². The number of hydrogen-bond acceptors (Lipinski definition) is 10. The second-order valence-corrected chi connectivity index (χ2v) is 8.10. The number of aromatic nitrogens is 6. The van der Waals surface area contributed by atoms with Crippen LogP contribution >= 0.6 is 0 Å². The minimum Gasteiger partial charge on any atom is -0.450 e. The molecular weight excluding hydrogens is 462 g/mol. The summed E-state index contributed by atoms with van der Waals surface area (Å²) in [4.78, 5) is 39.6. The molecular formula is C24H27N9O3. The largest absolute Gasteiger partial charge is 0.450 e. The molecule has 1 amide bonds. The molecule has 1 aromatic carbocycles. The minimum atomic E-state index is -0.584. The van der Waals surface area contributed by atoms with Gasteiger partial charge < -0.3 is 19.8 Å². The Hall–Kier alpha value is -4.16. The molecule has 1 aliphatic heterocycles. The molecule has 0 unspecified atom stereocenters. The highest BCUT2D eigenvalue weighted by Crippen LogP contribution is 2.32. The van der Waals surface area contributed by atoms with Gasteiger partial charge in [-0.2, -0.15) is 0 Å². The van der Waals surface area contributed by atoms with E-state index in [-0.39, 0.29) is 12.6 Å². The lowest BCUT2D eigenvalue weighted by Gasteiger charge is -2.26. The SMILES string of the molecule is CCOC(=O)Nc1nc2cc(-c3cnc(NCCN4CCOCC4)nc3)cc(-c3ncccn3)c2[nH]1. The van der Waals surface area contributed by atoms with E-state index in [1.54, 1.807) is 37.8 Å². The quantitative estimate of drug-likeness (QED) is 0.338. The number of H-pyrrole nitrogens is 1. The van der Waals surface area contributed by atoms with Crippen molar-refractivity contribution in [3.05, 3.63) is 43.0 Å². The van der Waals surface area contributed by atoms with Gasteiger partial charge in [0, 0.05) is 62.1 Å². The van der Waals surface area contributed by atoms with Crippen LogP contribution in [-0.4, -0.2) is 86.9 Å². The first-order valence-electron chi connectivity index (χ1n) is 11.8. The lowest BCUT2D eigenvalue weighted by atomic mass is 10.0. The number of aromatic amines is 1. The second kappa shape index (κ2) is 11.1. The van der Waals surface area contributed by atoms with E-state index in [9.17, 15) is 4.79 Å². The van der Waals surface area contributed by atoms with Gasteiger partial charge in [0.25, 0.3) is 0 Å². The molecule has 0 saturated carbocycles. The van der Waals surface area contributed by atoms with Crippen LogP contribution in [0.3, 0.4) is 0 Å². The molecule has 1 fully saturated rings. The maximum atomic E-state index is 11.9. The number of nitrogens with zero attached hydrogens (tertiary/aromatic N) is 6. The summed E-state index contributed by atoms with van der Waals surface area (Å²) >= 11 is 0. The second-order valence-electron chi connectivity index (χ2n) is 8.10. The predicted molar refractivity (Wildman–Crippen MR) is 135 cm³/mol. The first-order valence-corrected chi connectivity index (χ1v) is 11.8. The molecule has 0 aliphatic carbocycles. The standard InChI is InChI=1S/C24H27N9O3/c1-2-36-24(34)32-23-30-19-13-16(12-18(20(19)31-23)21-25-4-3-5-26-21)17-14-28-22(29-15-17)27-6-7-33-8-10-35-11-9-33/h3-5,12-15H,2,6-11H2,1H3,(H,27,28,29)(H2,30,31,32,34). The van der Waals surface area contributed by atoms with Gasteiger partial charge in [-0.3, -0.25) is 10.2 Å². The Morgan fingerprint density at radius 3 is 2.64 bits per heavy atom. The third-order valence-electron chi connectivity index (χ3n) is 5.70. The molecule has 0 atom stereocenters. The summed E-state index contributed by atoms with van der Waals surface area (Å²) in [6, 6.07) is 5.61. The van der Waals surface area contributed by atoms with E-state index in [0.717, 1.165) is 56.1 Å². The van der Waals surface area contributed by atoms with Crippen molar-refractivity contribution in [2.45, 2.75) is 6.92 Å². The molecule has 0 spiro atoms. The zero-order valence-electron chi connectivity index (χ0n) is 19.9. The Labute approximate surface area is 207 Å². The van der Waals surface area contributed by atoms with Crippen molar-refractivity contribution >= 4 is 29.0 Å². The van der Waals surface area contributed by atoms with Crippen molar-refractivity contribution in [1.82, 2.24) is 34.8 Å². The number of morpholine rings is 1. The Kier molecular flexibility index (Phi) is 7.24. The van der Waals surface area contributed by atoms with Crippen molar-refractivity contribution in [2.75, 3.05) is 56.6 Å². The molecule has 0 radical (unpaired) electrons. The minimum absolute atomic E-state index is 0.261. The van der Waals surface area contributed by atoms with Crippen LogP contribution in [-0.2, 0) is 9.47 Å². The van der Waals surface area contributed by atoms with Crippen LogP contribution < -0.4 is 10.6 Å². The molecule has 1 aliphatic rings. The van der Waals surface area contributed by atoms with E-state index in [1.165, 1.54) is 0 Å². The van der Waals surface area contributed by atoms with E-state index in [4.69, 9.17) is 9.47 Å². The maximum absolute atomic E-state index is 11.9. The van der Waals surface area contributed by atoms with Crippen LogP contribution in [0.15, 0.2) is 43.0 Å². The summed E-state index contributed by atoms with van der Waals surface area (Å²) in [5.74, 6) is 1.37. The molecule has 0 bridgehead atoms. The van der Waals surface area contributed by atoms with Crippen LogP contribution in [0.25, 0.3) is 33.5 Å². The molecule has 1 saturated heterocycles. The average molecular weight is 490 g/mol. The fraction of sp³-hybridized carbons (Fsp3) is 0.333. The van der Waals surface area contributed by atoms with Gasteiger partial charge in [-0.25, -0.2) is 29.7 Å². The third kappa shape index (κ3) is 5.56. The molecule has 3 N–H and O–H groups in total. The number of nitrogens with one attached hydrogen (secondary N) is 3. The number of imidazole rings is 1. The normalized spacial score (nSPS) is 14.0. The van der Waals surface area contributed by atoms with Gasteiger partial charge in [0.15, 0.2) is 5.82 Å². The number of anilines is 2. The fourth-order valence-electron chi connectivity index (χ4n) is 3.94. The van der Waals surface area contributed by atoms with Gasteiger partial charge in [0.1, 0.15) is 0 Å². The van der Waals surface area contributed by atoms with E-state index >= 15 is 0 Å². The fourth-order valence-corrected chi connectivity index (χ4v) is 3.94. The van der Waals surface area contributed by atoms with Gasteiger partial charge in [-0.05, 0) is 30.7 Å². The van der Waals surface area contributed by atoms with Crippen molar-refractivity contribution in [1.29, 1.82) is 0 Å². The molecule has 4 heterocycles. The first-order chi connectivity index (χ1) is 17.7. The lowest BCUT2D eigenvalue weighted by molar-refractivity contribution is 0.0398. The van der Waals surface area contributed by atoms with Gasteiger partial charge >= 0.3 is 6.09 Å². The van der Waals surface area contributed by atoms with E-state index < -0.39 is 6.09 Å². The molecule has 3 aromatic heterocycles. The molecule has 4 aromatic rings. The number of hydrogen-bond donors (Lipinski definition) is 3. The molecule has 36 heavy (non-hydrogen) atoms. The maximum Gasteiger partial charge on any atom is 0.413 e. The van der Waals surface area contributed by atoms with Crippen LogP contribution in [0.2, 0.25) is 0 Å². The Balaban J connectivity index is 1.38. The van der Waals surface area contributed by atoms with Crippen LogP contribution in [0.5, 0.6) is 0 Å². The number of carbonyl (C=O) groups is 1. The highest BCUT2D eigenvalue weighted by molar-refractivity contribution is 5.96. The number of ether oxygens (including phenoxy) is 2. The summed E-state index contributed by atoms with van der Waals surface area (Å²) in [5.41, 5.74) is 3.73. The Morgan fingerprint density at radius 1 is 1.11 bits per heavy atom. The van der Waals surface area contributed by atoms with Crippen molar-refractivity contribution in [3.8, 4) is 22.5 Å². The van der Waals surface area contributed by atoms with Crippen LogP contribution in [0.4, 0.5) is 16.7 Å². The highest BCUT2D eigenvalue weighted by Gasteiger charge is 2.16. The number of fused-ring (bicyclic) bond motifs is 1. The van der Waals surface area contributed by atoms with Gasteiger partial charge in [0.05, 0.1) is 30.9 Å². The number of carbonyl (C=O) groups excluding carboxylic acids is 1. The number of amides is 1. The summed E-state index contributed by atoms with van der Waals surface area (Å²) in [6.45, 7) is 7.12. The van der Waals surface area contributed by atoms with Gasteiger partial charge in [0.2, 0.25) is 11.9 Å². The summed E-state index contributed by atoms with van der Waals surface area (Å²) in [5, 5.41) is 5.88. The Bertz CT molecular complexity index is 1310. The van der Waals surface area contributed by atoms with Crippen LogP contribution in [0.1, 0.15) is 6.92 Å². The number of rotatable bonds is 8. The van der Waals surface area contributed by atoms with E-state index in [1.807, 2.05) is 12.1 Å². The van der Waals surface area contributed by atoms with Crippen molar-refractivity contribution < 1.29 is 14.3 Å². The average Bonchev–Trinajstić information content (AvgIpc) is 3.32. The zero-order chi connectivity index (χ0) is 24.7. The van der Waals surface area contributed by atoms with E-state index in [0.29, 0.717) is 22.8 Å². The smallest absolute Gasteiger partial charge is 0.413 e. The monoisotopic (exact) mass is 489 g/mol. The predicted octanol–water partition coefficient (Wildman–Crippen LogP) is 2.79. The summed E-state index contributed by atoms with van der Waals surface area (Å²) in [6.07, 6.45) is 6.31. The van der Waals surface area contributed by atoms with Crippen LogP contribution in [0, 0.1) is 0 Å². The molecule has 5 rings (SSSR count). The van der Waals surface area contributed by atoms with E-state index in [2.05, 4.69) is 45.4 Å². The molecule has 12 heteroatoms. The molecule has 186 valence electrons. The zero-order valence-corrected chi connectivity index (χ0v) is 19.9. The third-order valence-corrected chi connectivity index (χ3v) is 5.70. The summed E-state index contributed by atoms with van der Waals surface area (Å²) in [7, 11) is 0.